The van der Waals surface area contributed by atoms with E-state index in [1.807, 2.05) is 24.3 Å². The summed E-state index contributed by atoms with van der Waals surface area (Å²) >= 11 is 0. The van der Waals surface area contributed by atoms with Crippen molar-refractivity contribution >= 4 is 32.3 Å². The topological polar surface area (TPSA) is 12.9 Å². The molecule has 3 heteroatoms. The fourth-order valence-electron chi connectivity index (χ4n) is 4.35. The quantitative estimate of drug-likeness (QED) is 0.284. The van der Waals surface area contributed by atoms with Gasteiger partial charge in [-0.2, -0.15) is 0 Å². The van der Waals surface area contributed by atoms with Crippen molar-refractivity contribution in [2.45, 2.75) is 20.3 Å². The normalized spacial score (nSPS) is 11.8. The molecule has 0 amide bonds. The fraction of sp³-hybridized carbons (Fsp3) is 0.115. The van der Waals surface area contributed by atoms with Crippen LogP contribution in [0.4, 0.5) is 8.78 Å². The first-order valence-corrected chi connectivity index (χ1v) is 9.63. The van der Waals surface area contributed by atoms with Gasteiger partial charge in [-0.05, 0) is 64.5 Å². The number of hydrogen-bond acceptors (Lipinski definition) is 1. The third kappa shape index (κ3) is 2.85. The lowest BCUT2D eigenvalue weighted by molar-refractivity contribution is 0.153. The van der Waals surface area contributed by atoms with Crippen molar-refractivity contribution in [2.24, 2.45) is 0 Å². The molecule has 5 rings (SSSR count). The number of benzene rings is 4. The number of fused-ring (bicyclic) bond motifs is 4. The van der Waals surface area contributed by atoms with Crippen molar-refractivity contribution in [1.82, 2.24) is 4.98 Å². The van der Waals surface area contributed by atoms with Gasteiger partial charge in [0.25, 0.3) is 6.43 Å². The van der Waals surface area contributed by atoms with E-state index in [9.17, 15) is 8.78 Å². The lowest BCUT2D eigenvalue weighted by Crippen LogP contribution is -1.93. The first-order valence-electron chi connectivity index (χ1n) is 9.63. The van der Waals surface area contributed by atoms with Gasteiger partial charge in [-0.3, -0.25) is 4.98 Å². The highest BCUT2D eigenvalue weighted by molar-refractivity contribution is 6.12. The van der Waals surface area contributed by atoms with Crippen LogP contribution in [0.5, 0.6) is 0 Å². The summed E-state index contributed by atoms with van der Waals surface area (Å²) in [5, 5.41) is 5.81. The van der Waals surface area contributed by atoms with E-state index in [1.54, 1.807) is 24.4 Å². The maximum absolute atomic E-state index is 13.8. The minimum absolute atomic E-state index is 0.0457. The van der Waals surface area contributed by atoms with E-state index in [-0.39, 0.29) is 5.56 Å². The molecule has 0 fully saturated rings. The molecule has 0 spiro atoms. The zero-order valence-corrected chi connectivity index (χ0v) is 16.2. The molecular weight excluding hydrogens is 364 g/mol. The largest absolute Gasteiger partial charge is 0.264 e. The van der Waals surface area contributed by atoms with Crippen molar-refractivity contribution in [3.05, 3.63) is 89.6 Å². The molecule has 1 nitrogen and oxygen atoms in total. The van der Waals surface area contributed by atoms with Crippen LogP contribution in [0, 0.1) is 13.8 Å². The summed E-state index contributed by atoms with van der Waals surface area (Å²) in [5.74, 6) is 0. The van der Waals surface area contributed by atoms with Gasteiger partial charge in [0, 0.05) is 22.7 Å². The maximum atomic E-state index is 13.8. The first-order chi connectivity index (χ1) is 14.0. The zero-order valence-electron chi connectivity index (χ0n) is 16.2. The Kier molecular flexibility index (Phi) is 4.06. The summed E-state index contributed by atoms with van der Waals surface area (Å²) in [7, 11) is 0. The first kappa shape index (κ1) is 17.7. The van der Waals surface area contributed by atoms with E-state index in [0.717, 1.165) is 21.9 Å². The standard InChI is InChI=1S/C26H19F2N/c1-15-11-16(2)19-7-8-22-21(23(19)12-15)9-10-29-25(22)18-13-17-5-3-4-6-20(17)24(14-18)26(27)28/h3-14,26H,1-2H3. The fourth-order valence-corrected chi connectivity index (χ4v) is 4.35. The van der Waals surface area contributed by atoms with E-state index >= 15 is 0 Å². The van der Waals surface area contributed by atoms with Gasteiger partial charge in [0.05, 0.1) is 5.69 Å². The monoisotopic (exact) mass is 383 g/mol. The SMILES string of the molecule is Cc1cc(C)c2ccc3c(-c4cc(C(F)F)c5ccccc5c4)nccc3c2c1. The van der Waals surface area contributed by atoms with Gasteiger partial charge in [-0.15, -0.1) is 0 Å². The van der Waals surface area contributed by atoms with Crippen molar-refractivity contribution in [1.29, 1.82) is 0 Å². The minimum Gasteiger partial charge on any atom is -0.256 e. The number of pyridine rings is 1. The Morgan fingerprint density at radius 2 is 1.52 bits per heavy atom. The molecule has 0 saturated heterocycles. The van der Waals surface area contributed by atoms with Crippen LogP contribution in [0.1, 0.15) is 23.1 Å². The number of nitrogens with zero attached hydrogens (tertiary/aromatic N) is 1. The number of halogens is 2. The number of aryl methyl sites for hydroxylation is 2. The summed E-state index contributed by atoms with van der Waals surface area (Å²) < 4.78 is 27.6. The highest BCUT2D eigenvalue weighted by atomic mass is 19.3. The van der Waals surface area contributed by atoms with Gasteiger partial charge >= 0.3 is 0 Å². The second-order valence-electron chi connectivity index (χ2n) is 7.58. The lowest BCUT2D eigenvalue weighted by Gasteiger charge is -2.13. The summed E-state index contributed by atoms with van der Waals surface area (Å²) in [4.78, 5) is 4.59. The third-order valence-corrected chi connectivity index (χ3v) is 5.63. The Morgan fingerprint density at radius 3 is 2.34 bits per heavy atom. The van der Waals surface area contributed by atoms with Crippen molar-refractivity contribution < 1.29 is 8.78 Å². The average molecular weight is 383 g/mol. The van der Waals surface area contributed by atoms with E-state index in [0.29, 0.717) is 10.9 Å². The van der Waals surface area contributed by atoms with Crippen molar-refractivity contribution in [3.8, 4) is 11.3 Å². The molecule has 29 heavy (non-hydrogen) atoms. The Hall–Kier alpha value is -3.33. The summed E-state index contributed by atoms with van der Waals surface area (Å²) in [6, 6.07) is 21.3. The van der Waals surface area contributed by atoms with Crippen LogP contribution in [0.25, 0.3) is 43.6 Å². The minimum atomic E-state index is -2.54. The average Bonchev–Trinajstić information content (AvgIpc) is 2.72. The molecule has 142 valence electrons. The molecule has 0 atom stereocenters. The highest BCUT2D eigenvalue weighted by Gasteiger charge is 2.16. The van der Waals surface area contributed by atoms with Gasteiger partial charge in [-0.25, -0.2) is 8.78 Å². The van der Waals surface area contributed by atoms with Crippen LogP contribution in [0.3, 0.4) is 0 Å². The molecule has 1 heterocycles. The predicted octanol–water partition coefficient (Wildman–Crippen LogP) is 7.76. The highest BCUT2D eigenvalue weighted by Crippen LogP contribution is 2.37. The molecule has 0 aliphatic carbocycles. The lowest BCUT2D eigenvalue weighted by atomic mass is 9.93. The molecule has 0 saturated carbocycles. The van der Waals surface area contributed by atoms with E-state index in [1.165, 1.54) is 21.9 Å². The molecule has 0 aliphatic heterocycles. The molecule has 0 radical (unpaired) electrons. The Bertz CT molecular complexity index is 1400. The Labute approximate surface area is 167 Å². The Balaban J connectivity index is 1.85. The third-order valence-electron chi connectivity index (χ3n) is 5.63. The van der Waals surface area contributed by atoms with Crippen LogP contribution in [-0.2, 0) is 0 Å². The van der Waals surface area contributed by atoms with Crippen molar-refractivity contribution in [3.63, 3.8) is 0 Å². The van der Waals surface area contributed by atoms with Crippen LogP contribution in [-0.4, -0.2) is 4.98 Å². The van der Waals surface area contributed by atoms with Gasteiger partial charge in [-0.1, -0.05) is 54.1 Å². The second kappa shape index (κ2) is 6.63. The number of aromatic nitrogens is 1. The van der Waals surface area contributed by atoms with Gasteiger partial charge in [0.2, 0.25) is 0 Å². The second-order valence-corrected chi connectivity index (χ2v) is 7.58. The van der Waals surface area contributed by atoms with Gasteiger partial charge in [0.15, 0.2) is 0 Å². The predicted molar refractivity (Wildman–Crippen MR) is 117 cm³/mol. The smallest absolute Gasteiger partial charge is 0.256 e. The van der Waals surface area contributed by atoms with Crippen LogP contribution in [0.2, 0.25) is 0 Å². The molecule has 5 aromatic rings. The number of hydrogen-bond donors (Lipinski definition) is 0. The molecule has 1 aromatic heterocycles. The molecular formula is C26H19F2N. The van der Waals surface area contributed by atoms with Gasteiger partial charge in [0.1, 0.15) is 0 Å². The molecule has 0 aliphatic rings. The summed E-state index contributed by atoms with van der Waals surface area (Å²) in [6.07, 6.45) is -0.771. The molecule has 0 N–H and O–H groups in total. The molecule has 4 aromatic carbocycles. The summed E-state index contributed by atoms with van der Waals surface area (Å²) in [6.45, 7) is 4.20. The number of rotatable bonds is 2. The molecule has 0 unspecified atom stereocenters. The summed E-state index contributed by atoms with van der Waals surface area (Å²) in [5.41, 5.74) is 3.92. The van der Waals surface area contributed by atoms with E-state index in [2.05, 4.69) is 43.1 Å². The molecule has 0 bridgehead atoms. The van der Waals surface area contributed by atoms with E-state index in [4.69, 9.17) is 0 Å². The van der Waals surface area contributed by atoms with Crippen molar-refractivity contribution in [2.75, 3.05) is 0 Å². The van der Waals surface area contributed by atoms with E-state index < -0.39 is 6.43 Å². The van der Waals surface area contributed by atoms with Crippen LogP contribution < -0.4 is 0 Å². The number of alkyl halides is 2. The van der Waals surface area contributed by atoms with Crippen LogP contribution >= 0.6 is 0 Å². The van der Waals surface area contributed by atoms with Gasteiger partial charge < -0.3 is 0 Å². The Morgan fingerprint density at radius 1 is 0.724 bits per heavy atom. The zero-order chi connectivity index (χ0) is 20.1. The van der Waals surface area contributed by atoms with Crippen LogP contribution in [0.15, 0.2) is 72.9 Å². The maximum Gasteiger partial charge on any atom is 0.264 e.